The van der Waals surface area contributed by atoms with Gasteiger partial charge in [0.1, 0.15) is 5.82 Å². The van der Waals surface area contributed by atoms with Gasteiger partial charge in [-0.05, 0) is 61.5 Å². The number of aromatic nitrogens is 2. The lowest BCUT2D eigenvalue weighted by molar-refractivity contribution is -0.118. The predicted octanol–water partition coefficient (Wildman–Crippen LogP) is 3.52. The lowest BCUT2D eigenvalue weighted by atomic mass is 9.95. The van der Waals surface area contributed by atoms with Crippen LogP contribution in [0.4, 0.5) is 10.1 Å². The summed E-state index contributed by atoms with van der Waals surface area (Å²) < 4.78 is 13.6. The van der Waals surface area contributed by atoms with Crippen molar-refractivity contribution in [1.29, 1.82) is 0 Å². The summed E-state index contributed by atoms with van der Waals surface area (Å²) in [6.07, 6.45) is 4.10. The van der Waals surface area contributed by atoms with Crippen molar-refractivity contribution >= 4 is 23.4 Å². The molecule has 1 atom stereocenters. The van der Waals surface area contributed by atoms with Gasteiger partial charge < -0.3 is 15.5 Å². The Morgan fingerprint density at radius 2 is 2.10 bits per heavy atom. The van der Waals surface area contributed by atoms with Gasteiger partial charge >= 0.3 is 0 Å². The lowest BCUT2D eigenvalue weighted by Crippen LogP contribution is -2.44. The third-order valence-corrected chi connectivity index (χ3v) is 6.35. The molecule has 0 spiro atoms. The van der Waals surface area contributed by atoms with Crippen LogP contribution in [0, 0.1) is 5.82 Å². The summed E-state index contributed by atoms with van der Waals surface area (Å²) in [6, 6.07) is 10.4. The van der Waals surface area contributed by atoms with Gasteiger partial charge in [-0.3, -0.25) is 9.89 Å². The zero-order chi connectivity index (χ0) is 21.8. The van der Waals surface area contributed by atoms with Crippen molar-refractivity contribution in [2.45, 2.75) is 23.9 Å². The number of rotatable bonds is 7. The smallest absolute Gasteiger partial charge is 0.241 e. The number of carbonyl (C=O) groups is 1. The molecule has 3 aromatic rings. The largest absolute Gasteiger partial charge is 0.324 e. The standard InChI is InChI=1S/C23H26FN5OS/c1-29(2)7-8-31-22-11-15(18-13-26-27-14-18)4-6-20(22)28-23(30)21-10-17-9-19(24)5-3-16(17)12-25-21/h3-6,9,11,13-14,21,25H,7-8,10,12H2,1-2H3,(H,26,27)(H,28,30)/t21-/m0/s1. The van der Waals surface area contributed by atoms with Crippen molar-refractivity contribution in [3.63, 3.8) is 0 Å². The Morgan fingerprint density at radius 3 is 2.87 bits per heavy atom. The highest BCUT2D eigenvalue weighted by atomic mass is 32.2. The van der Waals surface area contributed by atoms with Gasteiger partial charge in [0, 0.05) is 35.5 Å². The number of nitrogens with one attached hydrogen (secondary N) is 3. The topological polar surface area (TPSA) is 73.0 Å². The van der Waals surface area contributed by atoms with Crippen LogP contribution in [0.2, 0.25) is 0 Å². The summed E-state index contributed by atoms with van der Waals surface area (Å²) in [4.78, 5) is 16.2. The van der Waals surface area contributed by atoms with Crippen molar-refractivity contribution in [3.8, 4) is 11.1 Å². The number of fused-ring (bicyclic) bond motifs is 1. The van der Waals surface area contributed by atoms with E-state index in [4.69, 9.17) is 0 Å². The monoisotopic (exact) mass is 439 g/mol. The molecule has 0 saturated carbocycles. The number of nitrogens with zero attached hydrogens (tertiary/aromatic N) is 2. The van der Waals surface area contributed by atoms with Crippen LogP contribution in [-0.2, 0) is 17.8 Å². The van der Waals surface area contributed by atoms with Crippen LogP contribution in [-0.4, -0.2) is 53.4 Å². The van der Waals surface area contributed by atoms with Crippen molar-refractivity contribution in [1.82, 2.24) is 20.4 Å². The fraction of sp³-hybridized carbons (Fsp3) is 0.304. The van der Waals surface area contributed by atoms with E-state index in [9.17, 15) is 9.18 Å². The number of H-pyrrole nitrogens is 1. The highest BCUT2D eigenvalue weighted by Gasteiger charge is 2.25. The number of hydrogen-bond acceptors (Lipinski definition) is 5. The third-order valence-electron chi connectivity index (χ3n) is 5.31. The molecule has 162 valence electrons. The molecule has 0 fully saturated rings. The second kappa shape index (κ2) is 9.64. The van der Waals surface area contributed by atoms with E-state index in [0.717, 1.165) is 45.1 Å². The number of benzene rings is 2. The van der Waals surface area contributed by atoms with E-state index in [-0.39, 0.29) is 11.7 Å². The van der Waals surface area contributed by atoms with Crippen molar-refractivity contribution in [2.75, 3.05) is 31.7 Å². The molecule has 0 unspecified atom stereocenters. The number of amides is 1. The fourth-order valence-electron chi connectivity index (χ4n) is 3.56. The van der Waals surface area contributed by atoms with E-state index >= 15 is 0 Å². The Bertz CT molecular complexity index is 1050. The Kier molecular flexibility index (Phi) is 6.70. The lowest BCUT2D eigenvalue weighted by Gasteiger charge is -2.26. The van der Waals surface area contributed by atoms with E-state index in [1.165, 1.54) is 12.1 Å². The molecule has 1 amide bonds. The molecule has 1 aromatic heterocycles. The van der Waals surface area contributed by atoms with Crippen molar-refractivity contribution in [3.05, 3.63) is 65.7 Å². The molecule has 2 heterocycles. The van der Waals surface area contributed by atoms with Crippen LogP contribution in [0.15, 0.2) is 53.7 Å². The van der Waals surface area contributed by atoms with Gasteiger partial charge in [-0.25, -0.2) is 4.39 Å². The van der Waals surface area contributed by atoms with Crippen LogP contribution in [0.3, 0.4) is 0 Å². The van der Waals surface area contributed by atoms with Gasteiger partial charge in [0.25, 0.3) is 0 Å². The zero-order valence-electron chi connectivity index (χ0n) is 17.6. The van der Waals surface area contributed by atoms with Gasteiger partial charge in [0.2, 0.25) is 5.91 Å². The summed E-state index contributed by atoms with van der Waals surface area (Å²) >= 11 is 1.71. The normalized spacial score (nSPS) is 15.7. The maximum atomic E-state index is 13.6. The van der Waals surface area contributed by atoms with Gasteiger partial charge in [0.15, 0.2) is 0 Å². The quantitative estimate of drug-likeness (QED) is 0.491. The predicted molar refractivity (Wildman–Crippen MR) is 123 cm³/mol. The minimum Gasteiger partial charge on any atom is -0.324 e. The molecule has 0 aliphatic carbocycles. The van der Waals surface area contributed by atoms with Gasteiger partial charge in [-0.15, -0.1) is 11.8 Å². The summed E-state index contributed by atoms with van der Waals surface area (Å²) in [5.41, 5.74) is 4.75. The van der Waals surface area contributed by atoms with E-state index in [1.807, 2.05) is 32.4 Å². The second-order valence-electron chi connectivity index (χ2n) is 7.89. The minimum atomic E-state index is -0.400. The van der Waals surface area contributed by atoms with Gasteiger partial charge in [0.05, 0.1) is 17.9 Å². The SMILES string of the molecule is CN(C)CCSc1cc(-c2cn[nH]c2)ccc1NC(=O)[C@@H]1Cc2cc(F)ccc2CN1. The molecular weight excluding hydrogens is 413 g/mol. The van der Waals surface area contributed by atoms with Crippen LogP contribution in [0.5, 0.6) is 0 Å². The zero-order valence-corrected chi connectivity index (χ0v) is 18.4. The number of halogens is 1. The molecular formula is C23H26FN5OS. The molecule has 2 aromatic carbocycles. The van der Waals surface area contributed by atoms with E-state index < -0.39 is 6.04 Å². The average molecular weight is 440 g/mol. The van der Waals surface area contributed by atoms with Crippen LogP contribution >= 0.6 is 11.8 Å². The fourth-order valence-corrected chi connectivity index (χ4v) is 4.72. The average Bonchev–Trinajstić information content (AvgIpc) is 3.29. The molecule has 0 bridgehead atoms. The Labute approximate surface area is 185 Å². The summed E-state index contributed by atoms with van der Waals surface area (Å²) in [5.74, 6) is 0.522. The highest BCUT2D eigenvalue weighted by molar-refractivity contribution is 7.99. The number of aromatic amines is 1. The molecule has 1 aliphatic heterocycles. The first-order chi connectivity index (χ1) is 15.0. The minimum absolute atomic E-state index is 0.111. The molecule has 4 rings (SSSR count). The van der Waals surface area contributed by atoms with Crippen molar-refractivity contribution < 1.29 is 9.18 Å². The molecule has 6 nitrogen and oxygen atoms in total. The number of hydrogen-bond donors (Lipinski definition) is 3. The Hall–Kier alpha value is -2.68. The molecule has 3 N–H and O–H groups in total. The molecule has 0 saturated heterocycles. The summed E-state index contributed by atoms with van der Waals surface area (Å²) in [5, 5.41) is 13.2. The molecule has 0 radical (unpaired) electrons. The molecule has 1 aliphatic rings. The summed E-state index contributed by atoms with van der Waals surface area (Å²) in [7, 11) is 4.08. The first-order valence-corrected chi connectivity index (χ1v) is 11.2. The van der Waals surface area contributed by atoms with Crippen molar-refractivity contribution in [2.24, 2.45) is 0 Å². The number of thioether (sulfide) groups is 1. The van der Waals surface area contributed by atoms with Crippen LogP contribution < -0.4 is 10.6 Å². The van der Waals surface area contributed by atoms with E-state index in [1.54, 1.807) is 24.0 Å². The Morgan fingerprint density at radius 1 is 1.23 bits per heavy atom. The van der Waals surface area contributed by atoms with E-state index in [2.05, 4.69) is 31.8 Å². The molecule has 31 heavy (non-hydrogen) atoms. The second-order valence-corrected chi connectivity index (χ2v) is 9.03. The van der Waals surface area contributed by atoms with E-state index in [0.29, 0.717) is 13.0 Å². The first kappa shape index (κ1) is 21.5. The number of anilines is 1. The first-order valence-electron chi connectivity index (χ1n) is 10.2. The van der Waals surface area contributed by atoms with Crippen LogP contribution in [0.25, 0.3) is 11.1 Å². The third kappa shape index (κ3) is 5.33. The van der Waals surface area contributed by atoms with Crippen LogP contribution in [0.1, 0.15) is 11.1 Å². The Balaban J connectivity index is 1.51. The maximum absolute atomic E-state index is 13.6. The maximum Gasteiger partial charge on any atom is 0.241 e. The highest BCUT2D eigenvalue weighted by Crippen LogP contribution is 2.32. The summed E-state index contributed by atoms with van der Waals surface area (Å²) in [6.45, 7) is 1.48. The molecule has 8 heteroatoms. The number of carbonyl (C=O) groups excluding carboxylic acids is 1. The van der Waals surface area contributed by atoms with Gasteiger partial charge in [-0.2, -0.15) is 5.10 Å². The van der Waals surface area contributed by atoms with Gasteiger partial charge in [-0.1, -0.05) is 12.1 Å².